The number of nitrogens with one attached hydrogen (secondary N) is 1. The van der Waals surface area contributed by atoms with Gasteiger partial charge in [0.2, 0.25) is 5.95 Å². The molecule has 0 aromatic carbocycles. The Bertz CT molecular complexity index is 815. The Morgan fingerprint density at radius 1 is 1.46 bits per heavy atom. The molecular formula is C13H18N6O5. The second-order valence-corrected chi connectivity index (χ2v) is 5.65. The highest BCUT2D eigenvalue weighted by atomic mass is 16.6. The topological polar surface area (TPSA) is 149 Å². The third kappa shape index (κ3) is 2.78. The van der Waals surface area contributed by atoms with Crippen molar-refractivity contribution in [3.05, 3.63) is 16.7 Å². The van der Waals surface area contributed by atoms with Gasteiger partial charge in [-0.25, -0.2) is 9.98 Å². The van der Waals surface area contributed by atoms with E-state index in [-0.39, 0.29) is 17.1 Å². The highest BCUT2D eigenvalue weighted by Crippen LogP contribution is 2.30. The summed E-state index contributed by atoms with van der Waals surface area (Å²) in [7, 11) is 3.53. The van der Waals surface area contributed by atoms with Gasteiger partial charge in [0, 0.05) is 14.1 Å². The van der Waals surface area contributed by atoms with E-state index in [1.54, 1.807) is 19.0 Å². The predicted molar refractivity (Wildman–Crippen MR) is 83.0 cm³/mol. The van der Waals surface area contributed by atoms with E-state index in [0.717, 1.165) is 0 Å². The van der Waals surface area contributed by atoms with Crippen molar-refractivity contribution in [1.82, 2.24) is 24.4 Å². The molecule has 0 unspecified atom stereocenters. The number of hydrogen-bond donors (Lipinski definition) is 4. The van der Waals surface area contributed by atoms with Crippen molar-refractivity contribution >= 4 is 23.5 Å². The van der Waals surface area contributed by atoms with Crippen molar-refractivity contribution in [1.29, 1.82) is 0 Å². The number of aromatic amines is 1. The lowest BCUT2D eigenvalue weighted by molar-refractivity contribution is -0.0511. The van der Waals surface area contributed by atoms with Gasteiger partial charge < -0.3 is 25.0 Å². The first kappa shape index (κ1) is 16.5. The van der Waals surface area contributed by atoms with Crippen LogP contribution in [0.2, 0.25) is 0 Å². The zero-order valence-electron chi connectivity index (χ0n) is 13.1. The van der Waals surface area contributed by atoms with Crippen molar-refractivity contribution in [2.24, 2.45) is 4.99 Å². The number of aliphatic imine (C=N–C) groups is 1. The van der Waals surface area contributed by atoms with Crippen molar-refractivity contribution < 1.29 is 20.1 Å². The molecule has 130 valence electrons. The minimum atomic E-state index is -1.30. The number of nitrogens with zero attached hydrogens (tertiary/aromatic N) is 5. The molecule has 0 aliphatic carbocycles. The highest BCUT2D eigenvalue weighted by Gasteiger charge is 2.44. The van der Waals surface area contributed by atoms with Crippen LogP contribution in [0.3, 0.4) is 0 Å². The van der Waals surface area contributed by atoms with Crippen LogP contribution in [0.15, 0.2) is 16.1 Å². The number of hydrogen-bond acceptors (Lipinski definition) is 8. The first-order valence-electron chi connectivity index (χ1n) is 7.22. The van der Waals surface area contributed by atoms with Crippen molar-refractivity contribution in [2.75, 3.05) is 20.7 Å². The van der Waals surface area contributed by atoms with Gasteiger partial charge in [-0.15, -0.1) is 0 Å². The van der Waals surface area contributed by atoms with Crippen LogP contribution >= 0.6 is 0 Å². The number of ether oxygens (including phenoxy) is 1. The van der Waals surface area contributed by atoms with E-state index in [4.69, 9.17) is 4.74 Å². The fraction of sp³-hybridized carbons (Fsp3) is 0.538. The smallest absolute Gasteiger partial charge is 0.280 e. The average molecular weight is 338 g/mol. The summed E-state index contributed by atoms with van der Waals surface area (Å²) in [4.78, 5) is 28.5. The fourth-order valence-corrected chi connectivity index (χ4v) is 2.44. The van der Waals surface area contributed by atoms with Gasteiger partial charge in [-0.05, 0) is 0 Å². The van der Waals surface area contributed by atoms with Crippen LogP contribution in [0, 0.1) is 0 Å². The van der Waals surface area contributed by atoms with E-state index in [2.05, 4.69) is 19.9 Å². The monoisotopic (exact) mass is 338 g/mol. The van der Waals surface area contributed by atoms with Crippen molar-refractivity contribution in [3.63, 3.8) is 0 Å². The Morgan fingerprint density at radius 3 is 2.83 bits per heavy atom. The molecule has 24 heavy (non-hydrogen) atoms. The lowest BCUT2D eigenvalue weighted by Crippen LogP contribution is -2.33. The molecule has 0 saturated carbocycles. The van der Waals surface area contributed by atoms with E-state index in [1.807, 2.05) is 0 Å². The van der Waals surface area contributed by atoms with Gasteiger partial charge >= 0.3 is 0 Å². The molecule has 1 saturated heterocycles. The van der Waals surface area contributed by atoms with Gasteiger partial charge in [-0.3, -0.25) is 14.3 Å². The highest BCUT2D eigenvalue weighted by molar-refractivity contribution is 5.71. The van der Waals surface area contributed by atoms with Gasteiger partial charge in [-0.1, -0.05) is 0 Å². The van der Waals surface area contributed by atoms with E-state index in [1.165, 1.54) is 17.2 Å². The number of rotatable bonds is 4. The van der Waals surface area contributed by atoms with Crippen LogP contribution in [0.4, 0.5) is 5.95 Å². The normalized spacial score (nSPS) is 27.4. The summed E-state index contributed by atoms with van der Waals surface area (Å²) >= 11 is 0. The second-order valence-electron chi connectivity index (χ2n) is 5.65. The molecule has 3 rings (SSSR count). The molecule has 1 aliphatic rings. The summed E-state index contributed by atoms with van der Waals surface area (Å²) in [5.74, 6) is 0.0645. The van der Waals surface area contributed by atoms with E-state index in [9.17, 15) is 20.1 Å². The molecule has 2 aromatic heterocycles. The molecule has 4 N–H and O–H groups in total. The number of aliphatic hydroxyl groups excluding tert-OH is 3. The maximum atomic E-state index is 12.1. The molecule has 0 radical (unpaired) electrons. The lowest BCUT2D eigenvalue weighted by Gasteiger charge is -2.16. The summed E-state index contributed by atoms with van der Waals surface area (Å²) in [5.41, 5.74) is -0.285. The summed E-state index contributed by atoms with van der Waals surface area (Å²) in [6, 6.07) is 0. The van der Waals surface area contributed by atoms with Gasteiger partial charge in [0.05, 0.1) is 19.3 Å². The minimum absolute atomic E-state index is 0.0524. The molecule has 1 aliphatic heterocycles. The molecule has 2 aromatic rings. The molecule has 0 bridgehead atoms. The lowest BCUT2D eigenvalue weighted by atomic mass is 10.1. The number of H-pyrrole nitrogens is 1. The van der Waals surface area contributed by atoms with Gasteiger partial charge in [-0.2, -0.15) is 4.98 Å². The molecule has 0 amide bonds. The maximum absolute atomic E-state index is 12.1. The van der Waals surface area contributed by atoms with Crippen LogP contribution in [-0.4, -0.2) is 85.1 Å². The van der Waals surface area contributed by atoms with E-state index < -0.39 is 36.7 Å². The standard InChI is InChI=1S/C13H18N6O5/c1-18(2)4-15-13-16-10-7(11(23)17-13)14-5-19(10)12-9(22)8(21)6(3-20)24-12/h4-6,8-9,12,20-22H,3H2,1-2H3,(H,16,17,23)/t6-,8-,9-,12-/m1/s1. The molecule has 11 heteroatoms. The summed E-state index contributed by atoms with van der Waals surface area (Å²) in [5, 5.41) is 29.2. The Hall–Kier alpha value is -2.34. The summed E-state index contributed by atoms with van der Waals surface area (Å²) < 4.78 is 6.78. The third-order valence-corrected chi connectivity index (χ3v) is 3.62. The van der Waals surface area contributed by atoms with Gasteiger partial charge in [0.25, 0.3) is 5.56 Å². The number of aromatic nitrogens is 4. The Kier molecular flexibility index (Phi) is 4.32. The SMILES string of the molecule is CN(C)C=Nc1nc2c(ncn2[C@@H]2O[C@H](CO)[C@@H](O)[C@H]2O)c(=O)[nH]1. The molecule has 0 spiro atoms. The van der Waals surface area contributed by atoms with Crippen LogP contribution in [0.1, 0.15) is 6.23 Å². The summed E-state index contributed by atoms with van der Waals surface area (Å²) in [6.07, 6.45) is -1.76. The van der Waals surface area contributed by atoms with E-state index >= 15 is 0 Å². The van der Waals surface area contributed by atoms with Gasteiger partial charge in [0.1, 0.15) is 18.3 Å². The third-order valence-electron chi connectivity index (χ3n) is 3.62. The number of aliphatic hydroxyl groups is 3. The Labute approximate surface area is 135 Å². The first-order valence-corrected chi connectivity index (χ1v) is 7.22. The fourth-order valence-electron chi connectivity index (χ4n) is 2.44. The largest absolute Gasteiger partial charge is 0.394 e. The molecule has 1 fully saturated rings. The minimum Gasteiger partial charge on any atom is -0.394 e. The molecule has 4 atom stereocenters. The molecule has 3 heterocycles. The number of imidazole rings is 1. The molecule has 11 nitrogen and oxygen atoms in total. The maximum Gasteiger partial charge on any atom is 0.280 e. The second kappa shape index (κ2) is 6.28. The van der Waals surface area contributed by atoms with Gasteiger partial charge in [0.15, 0.2) is 17.4 Å². The van der Waals surface area contributed by atoms with Crippen molar-refractivity contribution in [3.8, 4) is 0 Å². The van der Waals surface area contributed by atoms with Crippen LogP contribution in [-0.2, 0) is 4.74 Å². The van der Waals surface area contributed by atoms with Crippen LogP contribution in [0.25, 0.3) is 11.2 Å². The Morgan fingerprint density at radius 2 is 2.21 bits per heavy atom. The summed E-state index contributed by atoms with van der Waals surface area (Å²) in [6.45, 7) is -0.451. The first-order chi connectivity index (χ1) is 11.4. The van der Waals surface area contributed by atoms with Crippen LogP contribution in [0.5, 0.6) is 0 Å². The number of fused-ring (bicyclic) bond motifs is 1. The average Bonchev–Trinajstić information content (AvgIpc) is 3.08. The molecular weight excluding hydrogens is 320 g/mol. The van der Waals surface area contributed by atoms with Crippen molar-refractivity contribution in [2.45, 2.75) is 24.5 Å². The Balaban J connectivity index is 2.05. The zero-order valence-corrected chi connectivity index (χ0v) is 13.1. The van der Waals surface area contributed by atoms with Crippen LogP contribution < -0.4 is 5.56 Å². The van der Waals surface area contributed by atoms with E-state index in [0.29, 0.717) is 0 Å². The quantitative estimate of drug-likeness (QED) is 0.368. The zero-order chi connectivity index (χ0) is 17.4. The predicted octanol–water partition coefficient (Wildman–Crippen LogP) is -2.05.